The minimum absolute atomic E-state index is 0.00855. The van der Waals surface area contributed by atoms with E-state index >= 15 is 0 Å². The van der Waals surface area contributed by atoms with Crippen molar-refractivity contribution in [2.75, 3.05) is 0 Å². The average molecular weight is 678 g/mol. The maximum Gasteiger partial charge on any atom is 0.647 e. The molecule has 0 atom stereocenters. The fourth-order valence-electron chi connectivity index (χ4n) is 2.73. The predicted octanol–water partition coefficient (Wildman–Crippen LogP) is 12.1. The summed E-state index contributed by atoms with van der Waals surface area (Å²) in [6.07, 6.45) is 0. The number of hydrogen-bond donors (Lipinski definition) is 0. The maximum absolute atomic E-state index is 14.2. The van der Waals surface area contributed by atoms with E-state index in [0.717, 1.165) is 0 Å². The highest BCUT2D eigenvalue weighted by Gasteiger charge is 2.39. The third-order valence-corrected chi connectivity index (χ3v) is 9.44. The lowest BCUT2D eigenvalue weighted by molar-refractivity contribution is 0.298. The van der Waals surface area contributed by atoms with Crippen molar-refractivity contribution in [2.24, 2.45) is 0 Å². The van der Waals surface area contributed by atoms with Crippen molar-refractivity contribution >= 4 is 112 Å². The van der Waals surface area contributed by atoms with Gasteiger partial charge in [-0.2, -0.15) is 4.57 Å². The van der Waals surface area contributed by atoms with Crippen LogP contribution in [0.1, 0.15) is 16.7 Å². The second-order valence-corrected chi connectivity index (χ2v) is 12.0. The molecule has 0 radical (unpaired) electrons. The van der Waals surface area contributed by atoms with Crippen molar-refractivity contribution in [1.82, 2.24) is 0 Å². The average Bonchev–Trinajstić information content (AvgIpc) is 2.79. The van der Waals surface area contributed by atoms with E-state index in [1.54, 1.807) is 20.8 Å². The molecule has 0 bridgehead atoms. The van der Waals surface area contributed by atoms with Gasteiger partial charge in [-0.15, -0.1) is 0 Å². The van der Waals surface area contributed by atoms with Gasteiger partial charge in [0.1, 0.15) is 15.1 Å². The molecule has 0 heterocycles. The fourth-order valence-corrected chi connectivity index (χ4v) is 6.41. The second-order valence-electron chi connectivity index (χ2n) is 7.12. The molecule has 0 aliphatic rings. The van der Waals surface area contributed by atoms with Crippen LogP contribution in [0.25, 0.3) is 0 Å². The summed E-state index contributed by atoms with van der Waals surface area (Å²) in [6.45, 7) is 4.89. The van der Waals surface area contributed by atoms with Gasteiger partial charge in [0.25, 0.3) is 0 Å². The van der Waals surface area contributed by atoms with Gasteiger partial charge in [-0.25, -0.2) is 0 Å². The summed E-state index contributed by atoms with van der Waals surface area (Å²) in [4.78, 5) is 0. The first-order valence-electron chi connectivity index (χ1n) is 9.28. The van der Waals surface area contributed by atoms with E-state index in [1.165, 1.54) is 18.2 Å². The van der Waals surface area contributed by atoms with Crippen molar-refractivity contribution < 1.29 is 18.1 Å². The minimum Gasteiger partial charge on any atom is -0.383 e. The van der Waals surface area contributed by atoms with E-state index in [0.29, 0.717) is 16.7 Å². The number of hydrogen-bond acceptors (Lipinski definition) is 4. The molecule has 0 saturated heterocycles. The van der Waals surface area contributed by atoms with Gasteiger partial charge in [-0.05, 0) is 55.7 Å². The molecule has 0 aliphatic heterocycles. The van der Waals surface area contributed by atoms with E-state index in [9.17, 15) is 4.57 Å². The van der Waals surface area contributed by atoms with Gasteiger partial charge in [0.15, 0.2) is 17.2 Å². The van der Waals surface area contributed by atoms with E-state index in [-0.39, 0.29) is 62.5 Å². The first-order valence-corrected chi connectivity index (χ1v) is 14.1. The Bertz CT molecular complexity index is 1150. The van der Waals surface area contributed by atoms with Crippen LogP contribution >= 0.6 is 112 Å². The molecular weight excluding hydrogens is 666 g/mol. The topological polar surface area (TPSA) is 44.8 Å². The molecule has 0 aliphatic carbocycles. The first-order chi connectivity index (χ1) is 16.2. The molecule has 0 N–H and O–H groups in total. The van der Waals surface area contributed by atoms with Crippen LogP contribution in [0.15, 0.2) is 18.2 Å². The molecule has 3 aromatic carbocycles. The molecule has 14 heteroatoms. The van der Waals surface area contributed by atoms with Crippen LogP contribution < -0.4 is 13.6 Å². The van der Waals surface area contributed by atoms with E-state index in [2.05, 4.69) is 0 Å². The van der Waals surface area contributed by atoms with Gasteiger partial charge in [-0.1, -0.05) is 104 Å². The molecule has 0 fully saturated rings. The van der Waals surface area contributed by atoms with Crippen LogP contribution in [-0.4, -0.2) is 0 Å². The molecule has 35 heavy (non-hydrogen) atoms. The number of benzene rings is 3. The summed E-state index contributed by atoms with van der Waals surface area (Å²) in [5, 5.41) is -0.295. The molecule has 4 nitrogen and oxygen atoms in total. The number of halogens is 9. The summed E-state index contributed by atoms with van der Waals surface area (Å²) in [6, 6.07) is 4.48. The first kappa shape index (κ1) is 29.5. The van der Waals surface area contributed by atoms with Gasteiger partial charge >= 0.3 is 7.82 Å². The molecule has 3 aromatic rings. The molecule has 0 amide bonds. The lowest BCUT2D eigenvalue weighted by Gasteiger charge is -2.24. The molecule has 0 aromatic heterocycles. The monoisotopic (exact) mass is 674 g/mol. The summed E-state index contributed by atoms with van der Waals surface area (Å²) < 4.78 is 31.1. The Hall–Kier alpha value is -0.100. The number of rotatable bonds is 6. The highest BCUT2D eigenvalue weighted by molar-refractivity contribution is 7.49. The van der Waals surface area contributed by atoms with Crippen molar-refractivity contribution in [3.05, 3.63) is 80.1 Å². The molecule has 188 valence electrons. The zero-order valence-electron chi connectivity index (χ0n) is 17.7. The van der Waals surface area contributed by atoms with Gasteiger partial charge in [0.2, 0.25) is 0 Å². The van der Waals surface area contributed by atoms with Crippen LogP contribution in [0.3, 0.4) is 0 Å². The molecule has 0 spiro atoms. The third kappa shape index (κ3) is 6.15. The lowest BCUT2D eigenvalue weighted by atomic mass is 10.2. The smallest absolute Gasteiger partial charge is 0.383 e. The highest BCUT2D eigenvalue weighted by Crippen LogP contribution is 2.59. The standard InChI is InChI=1S/C21H12Cl9O4P/c1-7-4-10(22)16(28)19(13(7)25)32-35(31,33-20-14(26)8(2)5-11(23)17(20)29)34-21-15(27)9(3)6-12(24)18(21)30/h4-6H,1-3H3. The van der Waals surface area contributed by atoms with Crippen molar-refractivity contribution in [2.45, 2.75) is 20.8 Å². The van der Waals surface area contributed by atoms with Crippen molar-refractivity contribution in [3.8, 4) is 17.2 Å². The Morgan fingerprint density at radius 2 is 0.714 bits per heavy atom. The third-order valence-electron chi connectivity index (χ3n) is 4.50. The molecule has 0 saturated carbocycles. The summed E-state index contributed by atoms with van der Waals surface area (Å²) in [5.41, 5.74) is 1.39. The van der Waals surface area contributed by atoms with E-state index in [1.807, 2.05) is 0 Å². The Balaban J connectivity index is 2.25. The minimum atomic E-state index is -4.85. The fraction of sp³-hybridized carbons (Fsp3) is 0.143. The lowest BCUT2D eigenvalue weighted by Crippen LogP contribution is -2.10. The van der Waals surface area contributed by atoms with E-state index in [4.69, 9.17) is 118 Å². The van der Waals surface area contributed by atoms with Gasteiger partial charge in [0.05, 0.1) is 30.1 Å². The van der Waals surface area contributed by atoms with Crippen LogP contribution in [0.4, 0.5) is 0 Å². The van der Waals surface area contributed by atoms with Gasteiger partial charge < -0.3 is 13.6 Å². The summed E-state index contributed by atoms with van der Waals surface area (Å²) in [7, 11) is -4.85. The van der Waals surface area contributed by atoms with Gasteiger partial charge in [0, 0.05) is 0 Å². The molecule has 3 rings (SSSR count). The number of phosphoric acid groups is 1. The summed E-state index contributed by atoms with van der Waals surface area (Å²) in [5.74, 6) is -0.879. The number of aryl methyl sites for hydroxylation is 3. The normalized spacial score (nSPS) is 11.5. The molecular formula is C21H12Cl9O4P. The van der Waals surface area contributed by atoms with Crippen LogP contribution in [-0.2, 0) is 4.57 Å². The van der Waals surface area contributed by atoms with Crippen LogP contribution in [0.2, 0.25) is 45.2 Å². The Labute approximate surface area is 246 Å². The van der Waals surface area contributed by atoms with Gasteiger partial charge in [-0.3, -0.25) is 0 Å². The summed E-state index contributed by atoms with van der Waals surface area (Å²) >= 11 is 56.4. The Morgan fingerprint density at radius 3 is 0.943 bits per heavy atom. The molecule has 0 unspecified atom stereocenters. The zero-order chi connectivity index (χ0) is 26.4. The largest absolute Gasteiger partial charge is 0.647 e. The Kier molecular flexibility index (Phi) is 9.54. The zero-order valence-corrected chi connectivity index (χ0v) is 25.4. The second kappa shape index (κ2) is 11.3. The quantitative estimate of drug-likeness (QED) is 0.192. The van der Waals surface area contributed by atoms with Crippen LogP contribution in [0.5, 0.6) is 17.2 Å². The van der Waals surface area contributed by atoms with Crippen molar-refractivity contribution in [1.29, 1.82) is 0 Å². The SMILES string of the molecule is Cc1cc(Cl)c(Cl)c(OP(=O)(Oc2c(Cl)c(C)cc(Cl)c2Cl)Oc2c(Cl)c(C)cc(Cl)c2Cl)c1Cl. The number of phosphoric ester groups is 1. The maximum atomic E-state index is 14.2. The van der Waals surface area contributed by atoms with Crippen molar-refractivity contribution in [3.63, 3.8) is 0 Å². The van der Waals surface area contributed by atoms with E-state index < -0.39 is 7.82 Å². The predicted molar refractivity (Wildman–Crippen MR) is 148 cm³/mol. The van der Waals surface area contributed by atoms with Crippen LogP contribution in [0, 0.1) is 20.8 Å². The Morgan fingerprint density at radius 1 is 0.486 bits per heavy atom. The highest BCUT2D eigenvalue weighted by atomic mass is 35.5.